The Balaban J connectivity index is 2.27. The lowest BCUT2D eigenvalue weighted by Crippen LogP contribution is -2.20. The van der Waals surface area contributed by atoms with Crippen LogP contribution >= 0.6 is 11.8 Å². The van der Waals surface area contributed by atoms with E-state index in [-0.39, 0.29) is 5.92 Å². The molecule has 1 aromatic rings. The van der Waals surface area contributed by atoms with E-state index in [1.807, 2.05) is 36.9 Å². The molecule has 0 bridgehead atoms. The second-order valence-corrected chi connectivity index (χ2v) is 5.34. The van der Waals surface area contributed by atoms with Gasteiger partial charge in [0.25, 0.3) is 0 Å². The monoisotopic (exact) mass is 266 g/mol. The number of Topliss-reactive ketones (excluding diaryl/α,β-unsaturated/α-hetero) is 1. The molecule has 1 saturated heterocycles. The number of rotatable bonds is 4. The summed E-state index contributed by atoms with van der Waals surface area (Å²) in [7, 11) is 1.62. The van der Waals surface area contributed by atoms with Gasteiger partial charge in [0.2, 0.25) is 0 Å². The lowest BCUT2D eigenvalue weighted by atomic mass is 9.94. The molecule has 2 rings (SSSR count). The average molecular weight is 266 g/mol. The van der Waals surface area contributed by atoms with E-state index < -0.39 is 0 Å². The lowest BCUT2D eigenvalue weighted by molar-refractivity contribution is -0.119. The van der Waals surface area contributed by atoms with Gasteiger partial charge in [-0.2, -0.15) is 11.8 Å². The van der Waals surface area contributed by atoms with Crippen LogP contribution in [0.25, 0.3) is 0 Å². The van der Waals surface area contributed by atoms with E-state index >= 15 is 0 Å². The van der Waals surface area contributed by atoms with Crippen molar-refractivity contribution >= 4 is 17.5 Å². The third-order valence-corrected chi connectivity index (χ3v) is 4.12. The highest BCUT2D eigenvalue weighted by Crippen LogP contribution is 2.34. The molecule has 0 amide bonds. The van der Waals surface area contributed by atoms with Gasteiger partial charge in [-0.15, -0.1) is 0 Å². The highest BCUT2D eigenvalue weighted by Gasteiger charge is 2.25. The van der Waals surface area contributed by atoms with E-state index in [9.17, 15) is 4.79 Å². The molecule has 0 spiro atoms. The van der Waals surface area contributed by atoms with Crippen LogP contribution in [0.4, 0.5) is 0 Å². The molecule has 98 valence electrons. The summed E-state index contributed by atoms with van der Waals surface area (Å²) in [6.45, 7) is 2.53. The highest BCUT2D eigenvalue weighted by atomic mass is 32.2. The van der Waals surface area contributed by atoms with Gasteiger partial charge in [0.05, 0.1) is 19.6 Å². The normalized spacial score (nSPS) is 19.7. The number of hydrogen-bond donors (Lipinski definition) is 0. The molecule has 1 aliphatic rings. The van der Waals surface area contributed by atoms with Crippen molar-refractivity contribution in [2.24, 2.45) is 0 Å². The van der Waals surface area contributed by atoms with Gasteiger partial charge >= 0.3 is 0 Å². The van der Waals surface area contributed by atoms with E-state index in [0.29, 0.717) is 18.8 Å². The van der Waals surface area contributed by atoms with Gasteiger partial charge in [-0.25, -0.2) is 0 Å². The molecule has 0 aromatic heterocycles. The molecule has 1 aromatic carbocycles. The molecule has 0 N–H and O–H groups in total. The van der Waals surface area contributed by atoms with Gasteiger partial charge in [-0.05, 0) is 24.6 Å². The summed E-state index contributed by atoms with van der Waals surface area (Å²) in [6, 6.07) is 5.79. The first-order valence-electron chi connectivity index (χ1n) is 6.17. The van der Waals surface area contributed by atoms with E-state index in [1.165, 1.54) is 0 Å². The number of benzene rings is 1. The topological polar surface area (TPSA) is 35.5 Å². The summed E-state index contributed by atoms with van der Waals surface area (Å²) in [4.78, 5) is 11.9. The highest BCUT2D eigenvalue weighted by molar-refractivity contribution is 7.99. The molecular formula is C14H18O3S. The summed E-state index contributed by atoms with van der Waals surface area (Å²) in [6.07, 6.45) is 0.672. The van der Waals surface area contributed by atoms with Crippen LogP contribution in [0, 0.1) is 0 Å². The molecule has 1 aliphatic heterocycles. The summed E-state index contributed by atoms with van der Waals surface area (Å²) in [5, 5.41) is 0. The van der Waals surface area contributed by atoms with Crippen LogP contribution in [-0.2, 0) is 4.79 Å². The van der Waals surface area contributed by atoms with Gasteiger partial charge < -0.3 is 9.47 Å². The van der Waals surface area contributed by atoms with Crippen molar-refractivity contribution in [2.45, 2.75) is 19.3 Å². The molecular weight excluding hydrogens is 248 g/mol. The largest absolute Gasteiger partial charge is 0.493 e. The van der Waals surface area contributed by atoms with Crippen LogP contribution in [0.1, 0.15) is 24.8 Å². The van der Waals surface area contributed by atoms with E-state index in [0.717, 1.165) is 28.6 Å². The third kappa shape index (κ3) is 2.80. The second kappa shape index (κ2) is 6.14. The minimum absolute atomic E-state index is 0.00821. The van der Waals surface area contributed by atoms with Crippen molar-refractivity contribution in [3.05, 3.63) is 23.8 Å². The van der Waals surface area contributed by atoms with Crippen LogP contribution in [0.15, 0.2) is 18.2 Å². The predicted molar refractivity (Wildman–Crippen MR) is 73.9 cm³/mol. The van der Waals surface area contributed by atoms with Crippen molar-refractivity contribution in [3.8, 4) is 11.5 Å². The molecule has 0 saturated carbocycles. The number of thioether (sulfide) groups is 1. The fourth-order valence-electron chi connectivity index (χ4n) is 2.10. The number of ether oxygens (including phenoxy) is 2. The predicted octanol–water partition coefficient (Wildman–Crippen LogP) is 2.88. The Bertz CT molecular complexity index is 431. The van der Waals surface area contributed by atoms with Crippen molar-refractivity contribution in [1.82, 2.24) is 0 Å². The molecule has 1 fully saturated rings. The van der Waals surface area contributed by atoms with Gasteiger partial charge in [0.15, 0.2) is 11.5 Å². The average Bonchev–Trinajstić information content (AvgIpc) is 2.40. The standard InChI is InChI=1S/C14H18O3S/c1-3-17-14-8-10(4-5-13(14)16-2)11-9-18-7-6-12(11)15/h4-5,8,11H,3,6-7,9H2,1-2H3/t11-/m1/s1. The van der Waals surface area contributed by atoms with E-state index in [2.05, 4.69) is 0 Å². The zero-order valence-electron chi connectivity index (χ0n) is 10.8. The van der Waals surface area contributed by atoms with Crippen molar-refractivity contribution in [1.29, 1.82) is 0 Å². The Labute approximate surface area is 112 Å². The Hall–Kier alpha value is -1.16. The first-order valence-corrected chi connectivity index (χ1v) is 7.33. The van der Waals surface area contributed by atoms with E-state index in [1.54, 1.807) is 7.11 Å². The van der Waals surface area contributed by atoms with E-state index in [4.69, 9.17) is 9.47 Å². The molecule has 18 heavy (non-hydrogen) atoms. The quantitative estimate of drug-likeness (QED) is 0.839. The number of methoxy groups -OCH3 is 1. The van der Waals surface area contributed by atoms with Crippen LogP contribution < -0.4 is 9.47 Å². The van der Waals surface area contributed by atoms with Gasteiger partial charge in [-0.1, -0.05) is 6.07 Å². The maximum Gasteiger partial charge on any atom is 0.161 e. The van der Waals surface area contributed by atoms with Crippen molar-refractivity contribution in [2.75, 3.05) is 25.2 Å². The van der Waals surface area contributed by atoms with Crippen LogP contribution in [0.2, 0.25) is 0 Å². The third-order valence-electron chi connectivity index (χ3n) is 3.06. The van der Waals surface area contributed by atoms with Crippen molar-refractivity contribution in [3.63, 3.8) is 0 Å². The maximum absolute atomic E-state index is 11.9. The summed E-state index contributed by atoms with van der Waals surface area (Å²) in [5.74, 6) is 3.60. The number of carbonyl (C=O) groups excluding carboxylic acids is 1. The molecule has 3 nitrogen and oxygen atoms in total. The lowest BCUT2D eigenvalue weighted by Gasteiger charge is -2.21. The van der Waals surface area contributed by atoms with Crippen LogP contribution in [0.5, 0.6) is 11.5 Å². The van der Waals surface area contributed by atoms with Gasteiger partial charge in [0.1, 0.15) is 5.78 Å². The molecule has 4 heteroatoms. The molecule has 0 aliphatic carbocycles. The summed E-state index contributed by atoms with van der Waals surface area (Å²) >= 11 is 1.84. The smallest absolute Gasteiger partial charge is 0.161 e. The molecule has 0 unspecified atom stereocenters. The minimum atomic E-state index is 0.00821. The Kier molecular flexibility index (Phi) is 4.53. The Morgan fingerprint density at radius 1 is 1.39 bits per heavy atom. The number of ketones is 1. The van der Waals surface area contributed by atoms with Gasteiger partial charge in [-0.3, -0.25) is 4.79 Å². The van der Waals surface area contributed by atoms with Crippen LogP contribution in [-0.4, -0.2) is 31.0 Å². The molecule has 1 heterocycles. The Morgan fingerprint density at radius 2 is 2.22 bits per heavy atom. The SMILES string of the molecule is CCOc1cc([C@H]2CSCCC2=O)ccc1OC. The molecule has 1 atom stereocenters. The zero-order valence-corrected chi connectivity index (χ0v) is 11.6. The number of hydrogen-bond acceptors (Lipinski definition) is 4. The first-order chi connectivity index (χ1) is 8.76. The molecule has 0 radical (unpaired) electrons. The fraction of sp³-hybridized carbons (Fsp3) is 0.500. The maximum atomic E-state index is 11.9. The minimum Gasteiger partial charge on any atom is -0.493 e. The van der Waals surface area contributed by atoms with Crippen LogP contribution in [0.3, 0.4) is 0 Å². The fourth-order valence-corrected chi connectivity index (χ4v) is 3.23. The summed E-state index contributed by atoms with van der Waals surface area (Å²) in [5.41, 5.74) is 1.04. The number of carbonyl (C=O) groups is 1. The first kappa shape index (κ1) is 13.3. The zero-order chi connectivity index (χ0) is 13.0. The Morgan fingerprint density at radius 3 is 2.89 bits per heavy atom. The van der Waals surface area contributed by atoms with Crippen molar-refractivity contribution < 1.29 is 14.3 Å². The summed E-state index contributed by atoms with van der Waals surface area (Å²) < 4.78 is 10.8. The van der Waals surface area contributed by atoms with Gasteiger partial charge in [0, 0.05) is 17.9 Å². The second-order valence-electron chi connectivity index (χ2n) is 4.19.